The van der Waals surface area contributed by atoms with Gasteiger partial charge in [0.1, 0.15) is 12.4 Å². The van der Waals surface area contributed by atoms with Gasteiger partial charge >= 0.3 is 0 Å². The van der Waals surface area contributed by atoms with Crippen LogP contribution in [0.1, 0.15) is 28.6 Å². The second-order valence-corrected chi connectivity index (χ2v) is 6.98. The third-order valence-electron chi connectivity index (χ3n) is 4.16. The molecule has 2 unspecified atom stereocenters. The molecule has 2 heterocycles. The highest BCUT2D eigenvalue weighted by atomic mass is 35.5. The number of piperidine rings is 1. The van der Waals surface area contributed by atoms with Crippen LogP contribution in [-0.4, -0.2) is 25.0 Å². The van der Waals surface area contributed by atoms with Crippen molar-refractivity contribution in [3.8, 4) is 5.75 Å². The molecule has 130 valence electrons. The fourth-order valence-corrected chi connectivity index (χ4v) is 3.37. The van der Waals surface area contributed by atoms with E-state index in [0.717, 1.165) is 25.3 Å². The first-order valence-electron chi connectivity index (χ1n) is 7.99. The van der Waals surface area contributed by atoms with Crippen LogP contribution in [0.3, 0.4) is 0 Å². The Balaban J connectivity index is 0.00000208. The standard InChI is InChI=1S/C18H22N2O2S.ClH/c1-13-11-19-8-7-17(13)20-18(21)14-4-2-5-15(10-14)22-12-16-6-3-9-23-16;/h2-6,9-10,13,17,19H,7-8,11-12H2,1H3,(H,20,21);1H. The highest BCUT2D eigenvalue weighted by Crippen LogP contribution is 2.18. The van der Waals surface area contributed by atoms with E-state index in [1.54, 1.807) is 11.3 Å². The van der Waals surface area contributed by atoms with E-state index in [9.17, 15) is 4.79 Å². The van der Waals surface area contributed by atoms with Gasteiger partial charge in [0.05, 0.1) is 0 Å². The van der Waals surface area contributed by atoms with Gasteiger partial charge in [-0.15, -0.1) is 23.7 Å². The number of ether oxygens (including phenoxy) is 1. The summed E-state index contributed by atoms with van der Waals surface area (Å²) in [4.78, 5) is 13.6. The molecule has 1 aromatic heterocycles. The van der Waals surface area contributed by atoms with Crippen molar-refractivity contribution >= 4 is 29.7 Å². The van der Waals surface area contributed by atoms with E-state index in [0.29, 0.717) is 18.1 Å². The first-order valence-corrected chi connectivity index (χ1v) is 8.87. The summed E-state index contributed by atoms with van der Waals surface area (Å²) in [6, 6.07) is 11.7. The van der Waals surface area contributed by atoms with Crippen molar-refractivity contribution in [2.24, 2.45) is 5.92 Å². The second-order valence-electron chi connectivity index (χ2n) is 5.95. The molecule has 0 saturated carbocycles. The predicted molar refractivity (Wildman–Crippen MR) is 100 cm³/mol. The topological polar surface area (TPSA) is 50.4 Å². The minimum absolute atomic E-state index is 0. The van der Waals surface area contributed by atoms with Gasteiger partial charge in [0.2, 0.25) is 0 Å². The van der Waals surface area contributed by atoms with Crippen LogP contribution >= 0.6 is 23.7 Å². The van der Waals surface area contributed by atoms with Crippen LogP contribution in [0.25, 0.3) is 0 Å². The van der Waals surface area contributed by atoms with E-state index < -0.39 is 0 Å². The molecular formula is C18H23ClN2O2S. The number of halogens is 1. The Bertz CT molecular complexity index is 648. The number of carbonyl (C=O) groups excluding carboxylic acids is 1. The van der Waals surface area contributed by atoms with E-state index in [4.69, 9.17) is 4.74 Å². The Labute approximate surface area is 153 Å². The summed E-state index contributed by atoms with van der Waals surface area (Å²) in [7, 11) is 0. The first-order chi connectivity index (χ1) is 11.2. The Morgan fingerprint density at radius 1 is 1.38 bits per heavy atom. The normalized spacial score (nSPS) is 20.0. The number of rotatable bonds is 5. The monoisotopic (exact) mass is 366 g/mol. The van der Waals surface area contributed by atoms with Gasteiger partial charge in [0.15, 0.2) is 0 Å². The molecule has 0 aliphatic carbocycles. The SMILES string of the molecule is CC1CNCCC1NC(=O)c1cccc(OCc2cccs2)c1.Cl. The maximum Gasteiger partial charge on any atom is 0.251 e. The molecule has 0 radical (unpaired) electrons. The largest absolute Gasteiger partial charge is 0.488 e. The van der Waals surface area contributed by atoms with Gasteiger partial charge in [0.25, 0.3) is 5.91 Å². The van der Waals surface area contributed by atoms with E-state index >= 15 is 0 Å². The minimum atomic E-state index is -0.0228. The molecule has 3 rings (SSSR count). The molecule has 2 N–H and O–H groups in total. The van der Waals surface area contributed by atoms with E-state index in [1.807, 2.05) is 41.8 Å². The number of hydrogen-bond donors (Lipinski definition) is 2. The average molecular weight is 367 g/mol. The van der Waals surface area contributed by atoms with Crippen LogP contribution in [-0.2, 0) is 6.61 Å². The first kappa shape index (κ1) is 18.8. The molecule has 4 nitrogen and oxygen atoms in total. The van der Waals surface area contributed by atoms with Gasteiger partial charge in [-0.2, -0.15) is 0 Å². The number of nitrogens with one attached hydrogen (secondary N) is 2. The van der Waals surface area contributed by atoms with Crippen molar-refractivity contribution in [1.82, 2.24) is 10.6 Å². The van der Waals surface area contributed by atoms with E-state index in [-0.39, 0.29) is 24.4 Å². The van der Waals surface area contributed by atoms with Gasteiger partial charge in [-0.1, -0.05) is 19.1 Å². The Morgan fingerprint density at radius 2 is 2.25 bits per heavy atom. The number of benzene rings is 1. The number of carbonyl (C=O) groups is 1. The molecule has 2 atom stereocenters. The number of thiophene rings is 1. The van der Waals surface area contributed by atoms with Gasteiger partial charge in [-0.25, -0.2) is 0 Å². The molecule has 2 aromatic rings. The lowest BCUT2D eigenvalue weighted by atomic mass is 9.95. The van der Waals surface area contributed by atoms with Gasteiger partial charge in [-0.05, 0) is 55.1 Å². The predicted octanol–water partition coefficient (Wildman–Crippen LogP) is 3.48. The van der Waals surface area contributed by atoms with Crippen molar-refractivity contribution in [1.29, 1.82) is 0 Å². The molecule has 1 aromatic carbocycles. The number of amides is 1. The zero-order chi connectivity index (χ0) is 16.1. The van der Waals surface area contributed by atoms with Crippen molar-refractivity contribution in [2.75, 3.05) is 13.1 Å². The molecule has 1 aliphatic heterocycles. The summed E-state index contributed by atoms with van der Waals surface area (Å²) < 4.78 is 5.77. The fraction of sp³-hybridized carbons (Fsp3) is 0.389. The molecule has 0 bridgehead atoms. The molecule has 1 amide bonds. The molecule has 24 heavy (non-hydrogen) atoms. The summed E-state index contributed by atoms with van der Waals surface area (Å²) in [5.41, 5.74) is 0.652. The maximum absolute atomic E-state index is 12.5. The highest BCUT2D eigenvalue weighted by Gasteiger charge is 2.23. The summed E-state index contributed by atoms with van der Waals surface area (Å²) in [5.74, 6) is 1.15. The highest BCUT2D eigenvalue weighted by molar-refractivity contribution is 7.09. The molecular weight excluding hydrogens is 344 g/mol. The molecule has 1 fully saturated rings. The van der Waals surface area contributed by atoms with E-state index in [2.05, 4.69) is 17.6 Å². The Morgan fingerprint density at radius 3 is 3.00 bits per heavy atom. The molecule has 6 heteroatoms. The van der Waals surface area contributed by atoms with Crippen molar-refractivity contribution in [2.45, 2.75) is 26.0 Å². The van der Waals surface area contributed by atoms with Gasteiger partial charge < -0.3 is 15.4 Å². The van der Waals surface area contributed by atoms with Crippen LogP contribution in [0.5, 0.6) is 5.75 Å². The lowest BCUT2D eigenvalue weighted by Crippen LogP contribution is -2.48. The summed E-state index contributed by atoms with van der Waals surface area (Å²) in [6.07, 6.45) is 0.974. The van der Waals surface area contributed by atoms with E-state index in [1.165, 1.54) is 4.88 Å². The van der Waals surface area contributed by atoms with Crippen LogP contribution in [0.4, 0.5) is 0 Å². The summed E-state index contributed by atoms with van der Waals surface area (Å²) in [5, 5.41) is 8.53. The lowest BCUT2D eigenvalue weighted by molar-refractivity contribution is 0.0913. The van der Waals surface area contributed by atoms with Crippen LogP contribution in [0.15, 0.2) is 41.8 Å². The van der Waals surface area contributed by atoms with Crippen LogP contribution in [0.2, 0.25) is 0 Å². The third-order valence-corrected chi connectivity index (χ3v) is 5.01. The summed E-state index contributed by atoms with van der Waals surface area (Å²) in [6.45, 7) is 4.61. The third kappa shape index (κ3) is 4.97. The van der Waals surface area contributed by atoms with Crippen molar-refractivity contribution in [3.05, 3.63) is 52.2 Å². The summed E-state index contributed by atoms with van der Waals surface area (Å²) >= 11 is 1.67. The zero-order valence-corrected chi connectivity index (χ0v) is 15.3. The molecule has 0 spiro atoms. The van der Waals surface area contributed by atoms with Crippen molar-refractivity contribution < 1.29 is 9.53 Å². The smallest absolute Gasteiger partial charge is 0.251 e. The second kappa shape index (κ2) is 9.06. The van der Waals surface area contributed by atoms with Crippen LogP contribution < -0.4 is 15.4 Å². The Hall–Kier alpha value is -1.56. The van der Waals surface area contributed by atoms with Crippen molar-refractivity contribution in [3.63, 3.8) is 0 Å². The lowest BCUT2D eigenvalue weighted by Gasteiger charge is -2.30. The quantitative estimate of drug-likeness (QED) is 0.851. The average Bonchev–Trinajstić information content (AvgIpc) is 3.09. The minimum Gasteiger partial charge on any atom is -0.488 e. The van der Waals surface area contributed by atoms with Crippen LogP contribution in [0, 0.1) is 5.92 Å². The zero-order valence-electron chi connectivity index (χ0n) is 13.7. The van der Waals surface area contributed by atoms with Gasteiger partial charge in [-0.3, -0.25) is 4.79 Å². The maximum atomic E-state index is 12.5. The molecule has 1 aliphatic rings. The fourth-order valence-electron chi connectivity index (χ4n) is 2.76. The molecule has 1 saturated heterocycles. The Kier molecular flexibility index (Phi) is 7.09. The van der Waals surface area contributed by atoms with Gasteiger partial charge in [0, 0.05) is 16.5 Å². The number of hydrogen-bond acceptors (Lipinski definition) is 4.